The van der Waals surface area contributed by atoms with Crippen LogP contribution < -0.4 is 4.74 Å². The van der Waals surface area contributed by atoms with E-state index in [0.29, 0.717) is 5.88 Å². The van der Waals surface area contributed by atoms with Crippen LogP contribution in [0.4, 0.5) is 8.78 Å². The van der Waals surface area contributed by atoms with E-state index >= 15 is 0 Å². The van der Waals surface area contributed by atoms with Gasteiger partial charge < -0.3 is 4.74 Å². The summed E-state index contributed by atoms with van der Waals surface area (Å²) in [6.07, 6.45) is 8.25. The van der Waals surface area contributed by atoms with E-state index in [1.165, 1.54) is 31.7 Å². The van der Waals surface area contributed by atoms with Crippen molar-refractivity contribution in [1.29, 1.82) is 0 Å². The van der Waals surface area contributed by atoms with Crippen LogP contribution >= 0.6 is 0 Å². The molecule has 0 saturated heterocycles. The van der Waals surface area contributed by atoms with Crippen LogP contribution in [0.2, 0.25) is 0 Å². The Balaban J connectivity index is 1.68. The van der Waals surface area contributed by atoms with E-state index in [4.69, 9.17) is 4.74 Å². The van der Waals surface area contributed by atoms with E-state index in [0.717, 1.165) is 49.6 Å². The molecule has 1 aliphatic carbocycles. The van der Waals surface area contributed by atoms with Crippen molar-refractivity contribution in [2.45, 2.75) is 65.0 Å². The molecule has 2 aromatic rings. The number of ether oxygens (including phenoxy) is 1. The Morgan fingerprint density at radius 1 is 1.20 bits per heavy atom. The van der Waals surface area contributed by atoms with Crippen LogP contribution in [0.3, 0.4) is 0 Å². The molecule has 0 spiro atoms. The molecule has 0 atom stereocenters. The lowest BCUT2D eigenvalue weighted by Crippen LogP contribution is -2.09. The second-order valence-electron chi connectivity index (χ2n) is 6.91. The lowest BCUT2D eigenvalue weighted by molar-refractivity contribution is 0.262. The standard InChI is InChI=1S/C20H26F2N2O/c1-2-5-18-13-20(24(23-18)11-10-15-6-3-4-7-15)25-14-16-12-17(21)8-9-19(16)22/h8-9,12-13,15H,2-7,10-11,14H2,1H3. The lowest BCUT2D eigenvalue weighted by Gasteiger charge is -2.12. The molecule has 1 aromatic heterocycles. The maximum absolute atomic E-state index is 13.8. The predicted octanol–water partition coefficient (Wildman–Crippen LogP) is 5.27. The minimum absolute atomic E-state index is 0.00425. The molecule has 3 rings (SSSR count). The van der Waals surface area contributed by atoms with Crippen LogP contribution in [-0.2, 0) is 19.6 Å². The molecule has 1 heterocycles. The normalized spacial score (nSPS) is 15.0. The first kappa shape index (κ1) is 17.9. The molecule has 0 radical (unpaired) electrons. The van der Waals surface area contributed by atoms with Crippen LogP contribution in [0.25, 0.3) is 0 Å². The number of hydrogen-bond donors (Lipinski definition) is 0. The highest BCUT2D eigenvalue weighted by Gasteiger charge is 2.17. The molecule has 1 aromatic carbocycles. The first-order valence-corrected chi connectivity index (χ1v) is 9.29. The lowest BCUT2D eigenvalue weighted by atomic mass is 10.0. The van der Waals surface area contributed by atoms with Gasteiger partial charge in [-0.2, -0.15) is 5.10 Å². The number of aromatic nitrogens is 2. The third kappa shape index (κ3) is 4.80. The molecule has 1 fully saturated rings. The molecule has 0 N–H and O–H groups in total. The Labute approximate surface area is 148 Å². The van der Waals surface area contributed by atoms with Gasteiger partial charge in [0, 0.05) is 18.2 Å². The average molecular weight is 348 g/mol. The zero-order chi connectivity index (χ0) is 17.6. The summed E-state index contributed by atoms with van der Waals surface area (Å²) in [5.41, 5.74) is 1.21. The first-order valence-electron chi connectivity index (χ1n) is 9.29. The van der Waals surface area contributed by atoms with E-state index < -0.39 is 11.6 Å². The third-order valence-corrected chi connectivity index (χ3v) is 4.91. The molecular weight excluding hydrogens is 322 g/mol. The van der Waals surface area contributed by atoms with Gasteiger partial charge in [0.25, 0.3) is 0 Å². The number of nitrogens with zero attached hydrogens (tertiary/aromatic N) is 2. The molecule has 3 nitrogen and oxygen atoms in total. The molecule has 5 heteroatoms. The van der Waals surface area contributed by atoms with Crippen molar-refractivity contribution in [2.24, 2.45) is 5.92 Å². The number of aryl methyl sites for hydroxylation is 2. The van der Waals surface area contributed by atoms with Crippen LogP contribution in [0, 0.1) is 17.6 Å². The van der Waals surface area contributed by atoms with Crippen molar-refractivity contribution in [3.05, 3.63) is 47.2 Å². The molecule has 1 saturated carbocycles. The molecule has 0 unspecified atom stereocenters. The smallest absolute Gasteiger partial charge is 0.212 e. The summed E-state index contributed by atoms with van der Waals surface area (Å²) in [7, 11) is 0. The molecule has 1 aliphatic rings. The number of benzene rings is 1. The molecule has 0 amide bonds. The zero-order valence-electron chi connectivity index (χ0n) is 14.8. The van der Waals surface area contributed by atoms with E-state index in [9.17, 15) is 8.78 Å². The average Bonchev–Trinajstić information content (AvgIpc) is 3.24. The molecule has 0 bridgehead atoms. The van der Waals surface area contributed by atoms with Gasteiger partial charge in [-0.1, -0.05) is 39.0 Å². The predicted molar refractivity (Wildman–Crippen MR) is 93.5 cm³/mol. The summed E-state index contributed by atoms with van der Waals surface area (Å²) in [4.78, 5) is 0. The summed E-state index contributed by atoms with van der Waals surface area (Å²) in [5.74, 6) is 0.506. The number of hydrogen-bond acceptors (Lipinski definition) is 2. The van der Waals surface area contributed by atoms with Crippen molar-refractivity contribution in [1.82, 2.24) is 9.78 Å². The fraction of sp³-hybridized carbons (Fsp3) is 0.550. The van der Waals surface area contributed by atoms with Gasteiger partial charge in [0.1, 0.15) is 18.2 Å². The first-order chi connectivity index (χ1) is 12.2. The summed E-state index contributed by atoms with van der Waals surface area (Å²) >= 11 is 0. The highest BCUT2D eigenvalue weighted by molar-refractivity contribution is 5.20. The topological polar surface area (TPSA) is 27.1 Å². The SMILES string of the molecule is CCCc1cc(OCc2cc(F)ccc2F)n(CCC2CCCC2)n1. The number of rotatable bonds is 8. The van der Waals surface area contributed by atoms with Gasteiger partial charge in [0.15, 0.2) is 0 Å². The van der Waals surface area contributed by atoms with Gasteiger partial charge in [0.05, 0.1) is 5.69 Å². The third-order valence-electron chi connectivity index (χ3n) is 4.91. The molecule has 25 heavy (non-hydrogen) atoms. The number of halogens is 2. The van der Waals surface area contributed by atoms with Crippen LogP contribution in [0.5, 0.6) is 5.88 Å². The maximum Gasteiger partial charge on any atom is 0.212 e. The van der Waals surface area contributed by atoms with Gasteiger partial charge in [-0.3, -0.25) is 0 Å². The van der Waals surface area contributed by atoms with Crippen molar-refractivity contribution in [3.63, 3.8) is 0 Å². The van der Waals surface area contributed by atoms with Gasteiger partial charge in [-0.15, -0.1) is 0 Å². The van der Waals surface area contributed by atoms with E-state index in [1.54, 1.807) is 0 Å². The van der Waals surface area contributed by atoms with Gasteiger partial charge in [0.2, 0.25) is 5.88 Å². The van der Waals surface area contributed by atoms with Crippen molar-refractivity contribution >= 4 is 0 Å². The summed E-state index contributed by atoms with van der Waals surface area (Å²) in [6, 6.07) is 5.36. The van der Waals surface area contributed by atoms with Gasteiger partial charge >= 0.3 is 0 Å². The summed E-state index contributed by atoms with van der Waals surface area (Å²) < 4.78 is 34.8. The van der Waals surface area contributed by atoms with E-state index in [2.05, 4.69) is 12.0 Å². The Morgan fingerprint density at radius 2 is 2.00 bits per heavy atom. The Morgan fingerprint density at radius 3 is 2.76 bits per heavy atom. The molecule has 0 aliphatic heterocycles. The van der Waals surface area contributed by atoms with Crippen LogP contribution in [0.15, 0.2) is 24.3 Å². The van der Waals surface area contributed by atoms with Gasteiger partial charge in [-0.25, -0.2) is 13.5 Å². The monoisotopic (exact) mass is 348 g/mol. The minimum Gasteiger partial charge on any atom is -0.473 e. The minimum atomic E-state index is -0.457. The van der Waals surface area contributed by atoms with E-state index in [1.807, 2.05) is 10.7 Å². The summed E-state index contributed by atoms with van der Waals surface area (Å²) in [6.45, 7) is 2.93. The Kier molecular flexibility index (Phi) is 6.05. The highest BCUT2D eigenvalue weighted by Crippen LogP contribution is 2.29. The Bertz CT molecular complexity index is 693. The fourth-order valence-corrected chi connectivity index (χ4v) is 3.51. The van der Waals surface area contributed by atoms with Crippen molar-refractivity contribution in [3.8, 4) is 5.88 Å². The van der Waals surface area contributed by atoms with Crippen LogP contribution in [-0.4, -0.2) is 9.78 Å². The van der Waals surface area contributed by atoms with Crippen molar-refractivity contribution < 1.29 is 13.5 Å². The zero-order valence-corrected chi connectivity index (χ0v) is 14.8. The largest absolute Gasteiger partial charge is 0.473 e. The molecular formula is C20H26F2N2O. The second-order valence-corrected chi connectivity index (χ2v) is 6.91. The fourth-order valence-electron chi connectivity index (χ4n) is 3.51. The van der Waals surface area contributed by atoms with Crippen LogP contribution in [0.1, 0.15) is 56.7 Å². The van der Waals surface area contributed by atoms with E-state index in [-0.39, 0.29) is 12.2 Å². The molecule has 136 valence electrons. The van der Waals surface area contributed by atoms with Crippen molar-refractivity contribution in [2.75, 3.05) is 0 Å². The Hall–Kier alpha value is -1.91. The quantitative estimate of drug-likeness (QED) is 0.649. The summed E-state index contributed by atoms with van der Waals surface area (Å²) in [5, 5.41) is 4.64. The maximum atomic E-state index is 13.8. The van der Waals surface area contributed by atoms with Gasteiger partial charge in [-0.05, 0) is 37.0 Å². The second kappa shape index (κ2) is 8.45. The highest BCUT2D eigenvalue weighted by atomic mass is 19.1.